The first-order chi connectivity index (χ1) is 26.3. The molecule has 0 bridgehead atoms. The number of hydrogen-bond acceptors (Lipinski definition) is 3. The molecule has 5 heterocycles. The summed E-state index contributed by atoms with van der Waals surface area (Å²) < 4.78 is 11.7. The first kappa shape index (κ1) is 27.5. The molecule has 0 atom stereocenters. The predicted octanol–water partition coefficient (Wildman–Crippen LogP) is 12.6. The lowest BCUT2D eigenvalue weighted by atomic mass is 10.0. The molecule has 13 aromatic rings. The molecule has 53 heavy (non-hydrogen) atoms. The Bertz CT molecular complexity index is 3700. The highest BCUT2D eigenvalue weighted by atomic mass is 16.3. The third kappa shape index (κ3) is 3.46. The monoisotopic (exact) mass is 674 g/mol. The van der Waals surface area contributed by atoms with Gasteiger partial charge in [0.25, 0.3) is 0 Å². The normalized spacial score (nSPS) is 12.5. The fraction of sp³-hybridized carbons (Fsp3) is 0. The molecule has 0 fully saturated rings. The van der Waals surface area contributed by atoms with E-state index in [1.165, 1.54) is 59.6 Å². The van der Waals surface area contributed by atoms with E-state index in [1.54, 1.807) is 0 Å². The van der Waals surface area contributed by atoms with Crippen molar-refractivity contribution >= 4 is 104 Å². The Labute approximate surface area is 300 Å². The Balaban J connectivity index is 1.30. The van der Waals surface area contributed by atoms with Crippen molar-refractivity contribution in [1.82, 2.24) is 18.9 Å². The molecule has 5 heteroatoms. The number of aromatic nitrogens is 4. The first-order valence-electron chi connectivity index (χ1n) is 18.0. The van der Waals surface area contributed by atoms with Crippen molar-refractivity contribution in [3.63, 3.8) is 0 Å². The molecule has 0 amide bonds. The van der Waals surface area contributed by atoms with E-state index in [-0.39, 0.29) is 0 Å². The van der Waals surface area contributed by atoms with Gasteiger partial charge in [-0.3, -0.25) is 4.57 Å². The average Bonchev–Trinajstić information content (AvgIpc) is 3.96. The first-order valence-corrected chi connectivity index (χ1v) is 18.0. The lowest BCUT2D eigenvalue weighted by Crippen LogP contribution is -2.02. The van der Waals surface area contributed by atoms with Gasteiger partial charge >= 0.3 is 0 Å². The van der Waals surface area contributed by atoms with E-state index < -0.39 is 0 Å². The molecule has 0 aliphatic carbocycles. The van der Waals surface area contributed by atoms with Gasteiger partial charge in [0, 0.05) is 48.7 Å². The van der Waals surface area contributed by atoms with Crippen LogP contribution in [0.4, 0.5) is 0 Å². The van der Waals surface area contributed by atoms with Crippen molar-refractivity contribution in [3.8, 4) is 17.2 Å². The van der Waals surface area contributed by atoms with Gasteiger partial charge in [0.2, 0.25) is 0 Å². The number of para-hydroxylation sites is 3. The van der Waals surface area contributed by atoms with Crippen molar-refractivity contribution in [2.75, 3.05) is 0 Å². The van der Waals surface area contributed by atoms with Gasteiger partial charge in [-0.15, -0.1) is 0 Å². The Kier molecular flexibility index (Phi) is 5.06. The van der Waals surface area contributed by atoms with E-state index in [2.05, 4.69) is 155 Å². The van der Waals surface area contributed by atoms with E-state index in [4.69, 9.17) is 14.4 Å². The number of hydrogen-bond donors (Lipinski definition) is 0. The Morgan fingerprint density at radius 1 is 0.434 bits per heavy atom. The highest BCUT2D eigenvalue weighted by molar-refractivity contribution is 6.35. The van der Waals surface area contributed by atoms with Crippen molar-refractivity contribution in [2.45, 2.75) is 0 Å². The maximum atomic E-state index is 6.82. The second-order valence-electron chi connectivity index (χ2n) is 14.1. The maximum absolute atomic E-state index is 6.82. The summed E-state index contributed by atoms with van der Waals surface area (Å²) >= 11 is 0. The van der Waals surface area contributed by atoms with Crippen molar-refractivity contribution in [3.05, 3.63) is 158 Å². The van der Waals surface area contributed by atoms with Gasteiger partial charge in [0.05, 0.1) is 27.6 Å². The topological polar surface area (TPSA) is 48.3 Å². The minimum absolute atomic E-state index is 0.659. The molecule has 13 rings (SSSR count). The standard InChI is InChI=1S/C48H26N4O/c1-2-13-29-25-30(22-21-27(29)11-1)47-49-42-35-17-7-10-20-40(35)53-46(42)48(50-47)52-43-31-14-4-3-12-28(31)23-24-33(43)37-26-36-32-15-5-8-18-38(32)51-39-19-9-6-16-34(39)41(44(36)51)45(37)52/h1-26H. The quantitative estimate of drug-likeness (QED) is 0.183. The molecule has 0 aliphatic heterocycles. The highest BCUT2D eigenvalue weighted by Gasteiger charge is 2.28. The van der Waals surface area contributed by atoms with Crippen LogP contribution in [0, 0.1) is 0 Å². The third-order valence-electron chi connectivity index (χ3n) is 11.4. The number of rotatable bonds is 2. The van der Waals surface area contributed by atoms with Gasteiger partial charge in [0.15, 0.2) is 17.2 Å². The molecule has 8 aromatic carbocycles. The van der Waals surface area contributed by atoms with Crippen molar-refractivity contribution < 1.29 is 4.42 Å². The SMILES string of the molecule is c1ccc2cc(-c3nc(-n4c5c6ccccc6ccc5c5cc6c7ccccc7n7c8ccccc8c(c54)c67)c4oc5ccccc5c4n3)ccc2c1. The summed E-state index contributed by atoms with van der Waals surface area (Å²) in [6.45, 7) is 0. The van der Waals surface area contributed by atoms with Crippen LogP contribution in [0.5, 0.6) is 0 Å². The van der Waals surface area contributed by atoms with Crippen LogP contribution in [0.25, 0.3) is 121 Å². The maximum Gasteiger partial charge on any atom is 0.197 e. The van der Waals surface area contributed by atoms with Crippen LogP contribution in [0.2, 0.25) is 0 Å². The summed E-state index contributed by atoms with van der Waals surface area (Å²) in [6.07, 6.45) is 0. The zero-order valence-electron chi connectivity index (χ0n) is 28.2. The van der Waals surface area contributed by atoms with E-state index in [0.717, 1.165) is 49.7 Å². The van der Waals surface area contributed by atoms with Crippen LogP contribution in [-0.2, 0) is 0 Å². The number of furan rings is 1. The van der Waals surface area contributed by atoms with Crippen LogP contribution in [0.1, 0.15) is 0 Å². The molecule has 5 nitrogen and oxygen atoms in total. The summed E-state index contributed by atoms with van der Waals surface area (Å²) in [5.74, 6) is 1.39. The van der Waals surface area contributed by atoms with E-state index >= 15 is 0 Å². The molecular formula is C48H26N4O. The molecule has 244 valence electrons. The fourth-order valence-electron chi connectivity index (χ4n) is 9.16. The summed E-state index contributed by atoms with van der Waals surface area (Å²) in [5.41, 5.74) is 9.06. The molecular weight excluding hydrogens is 649 g/mol. The summed E-state index contributed by atoms with van der Waals surface area (Å²) in [5, 5.41) is 12.9. The molecule has 0 N–H and O–H groups in total. The summed E-state index contributed by atoms with van der Waals surface area (Å²) in [4.78, 5) is 10.8. The minimum Gasteiger partial charge on any atom is -0.450 e. The minimum atomic E-state index is 0.659. The highest BCUT2D eigenvalue weighted by Crippen LogP contribution is 2.48. The molecule has 0 aliphatic rings. The second kappa shape index (κ2) is 9.75. The fourth-order valence-corrected chi connectivity index (χ4v) is 9.16. The zero-order chi connectivity index (χ0) is 34.4. The third-order valence-corrected chi connectivity index (χ3v) is 11.4. The van der Waals surface area contributed by atoms with Crippen molar-refractivity contribution in [1.29, 1.82) is 0 Å². The lowest BCUT2D eigenvalue weighted by Gasteiger charge is -2.12. The molecule has 5 aromatic heterocycles. The Morgan fingerprint density at radius 2 is 1.09 bits per heavy atom. The Morgan fingerprint density at radius 3 is 1.96 bits per heavy atom. The molecule has 0 unspecified atom stereocenters. The molecule has 0 saturated heterocycles. The van der Waals surface area contributed by atoms with Gasteiger partial charge in [-0.2, -0.15) is 0 Å². The largest absolute Gasteiger partial charge is 0.450 e. The van der Waals surface area contributed by atoms with Gasteiger partial charge in [-0.25, -0.2) is 9.97 Å². The number of benzene rings is 8. The van der Waals surface area contributed by atoms with Crippen molar-refractivity contribution in [2.24, 2.45) is 0 Å². The summed E-state index contributed by atoms with van der Waals surface area (Å²) in [7, 11) is 0. The van der Waals surface area contributed by atoms with Gasteiger partial charge in [0.1, 0.15) is 11.1 Å². The molecule has 0 saturated carbocycles. The molecule has 0 spiro atoms. The van der Waals surface area contributed by atoms with Gasteiger partial charge < -0.3 is 8.82 Å². The predicted molar refractivity (Wildman–Crippen MR) is 219 cm³/mol. The van der Waals surface area contributed by atoms with Crippen LogP contribution in [-0.4, -0.2) is 18.9 Å². The number of fused-ring (bicyclic) bond motifs is 16. The van der Waals surface area contributed by atoms with Crippen LogP contribution >= 0.6 is 0 Å². The van der Waals surface area contributed by atoms with Crippen LogP contribution in [0.15, 0.2) is 162 Å². The molecule has 0 radical (unpaired) electrons. The Hall–Kier alpha value is -7.24. The van der Waals surface area contributed by atoms with E-state index in [1.807, 2.05) is 12.1 Å². The smallest absolute Gasteiger partial charge is 0.197 e. The average molecular weight is 675 g/mol. The zero-order valence-corrected chi connectivity index (χ0v) is 28.2. The van der Waals surface area contributed by atoms with E-state index in [9.17, 15) is 0 Å². The number of nitrogens with zero attached hydrogens (tertiary/aromatic N) is 4. The summed E-state index contributed by atoms with van der Waals surface area (Å²) in [6, 6.07) is 56.3. The van der Waals surface area contributed by atoms with Gasteiger partial charge in [-0.1, -0.05) is 121 Å². The van der Waals surface area contributed by atoms with Gasteiger partial charge in [-0.05, 0) is 52.6 Å². The van der Waals surface area contributed by atoms with Crippen LogP contribution in [0.3, 0.4) is 0 Å². The van der Waals surface area contributed by atoms with E-state index in [0.29, 0.717) is 11.4 Å². The second-order valence-corrected chi connectivity index (χ2v) is 14.1. The lowest BCUT2D eigenvalue weighted by molar-refractivity contribution is 0.662. The van der Waals surface area contributed by atoms with Crippen LogP contribution < -0.4 is 0 Å².